The van der Waals surface area contributed by atoms with Crippen molar-refractivity contribution in [1.29, 1.82) is 0 Å². The lowest BCUT2D eigenvalue weighted by Crippen LogP contribution is -2.35. The van der Waals surface area contributed by atoms with E-state index in [9.17, 15) is 0 Å². The predicted octanol–water partition coefficient (Wildman–Crippen LogP) is 4.33. The number of benzene rings is 2. The fourth-order valence-electron chi connectivity index (χ4n) is 3.71. The summed E-state index contributed by atoms with van der Waals surface area (Å²) in [6.45, 7) is 0. The average molecular weight is 479 g/mol. The van der Waals surface area contributed by atoms with Gasteiger partial charge in [0.1, 0.15) is 23.0 Å². The summed E-state index contributed by atoms with van der Waals surface area (Å²) < 4.78 is 12.2. The Labute approximate surface area is 207 Å². The third kappa shape index (κ3) is 4.75. The highest BCUT2D eigenvalue weighted by Gasteiger charge is 2.11. The molecule has 2 aliphatic rings. The molecule has 2 aromatic carbocycles. The van der Waals surface area contributed by atoms with Crippen LogP contribution in [-0.2, 0) is 0 Å². The number of hydrogen-bond donors (Lipinski definition) is 4. The van der Waals surface area contributed by atoms with Crippen molar-refractivity contribution < 1.29 is 9.47 Å². The van der Waals surface area contributed by atoms with Crippen molar-refractivity contribution in [2.45, 2.75) is 0 Å². The third-order valence-corrected chi connectivity index (χ3v) is 5.37. The zero-order valence-electron chi connectivity index (χ0n) is 19.0. The molecule has 0 radical (unpaired) electrons. The molecule has 0 saturated heterocycles. The van der Waals surface area contributed by atoms with Crippen LogP contribution in [0.2, 0.25) is 0 Å². The maximum atomic E-state index is 6.11. The fraction of sp³-hybridized carbons (Fsp3) is 0. The van der Waals surface area contributed by atoms with Crippen LogP contribution in [0.15, 0.2) is 110 Å². The van der Waals surface area contributed by atoms with Crippen molar-refractivity contribution >= 4 is 11.4 Å². The van der Waals surface area contributed by atoms with Crippen LogP contribution >= 0.6 is 0 Å². The maximum Gasteiger partial charge on any atom is 0.131 e. The number of pyridine rings is 2. The van der Waals surface area contributed by atoms with Crippen LogP contribution in [0.5, 0.6) is 23.0 Å². The van der Waals surface area contributed by atoms with Gasteiger partial charge < -0.3 is 20.3 Å². The monoisotopic (exact) mass is 478 g/mol. The first kappa shape index (κ1) is 21.5. The number of ether oxygens (including phenoxy) is 2. The molecular weight excluding hydrogens is 456 g/mol. The SMILES string of the molecule is C1=CN(c2cccc(Oc3ccnc(-c4cc(Oc5cccc(N6C=CNN6)c5)ccn4)c3)c2)NN1. The Bertz CT molecular complexity index is 1330. The van der Waals surface area contributed by atoms with Crippen LogP contribution in [0.4, 0.5) is 11.4 Å². The van der Waals surface area contributed by atoms with Gasteiger partial charge in [-0.2, -0.15) is 0 Å². The van der Waals surface area contributed by atoms with Crippen LogP contribution in [0, 0.1) is 0 Å². The molecule has 10 heteroatoms. The molecule has 2 aromatic heterocycles. The van der Waals surface area contributed by atoms with Crippen molar-refractivity contribution in [3.63, 3.8) is 0 Å². The molecule has 6 rings (SSSR count). The summed E-state index contributed by atoms with van der Waals surface area (Å²) in [6.07, 6.45) is 10.8. The highest BCUT2D eigenvalue weighted by Crippen LogP contribution is 2.30. The smallest absolute Gasteiger partial charge is 0.131 e. The van der Waals surface area contributed by atoms with Crippen LogP contribution < -0.4 is 41.4 Å². The van der Waals surface area contributed by atoms with E-state index in [2.05, 4.69) is 31.9 Å². The van der Waals surface area contributed by atoms with Crippen molar-refractivity contribution in [3.8, 4) is 34.4 Å². The summed E-state index contributed by atoms with van der Waals surface area (Å²) in [5.41, 5.74) is 15.1. The minimum atomic E-state index is 0.654. The molecule has 4 heterocycles. The molecule has 4 N–H and O–H groups in total. The predicted molar refractivity (Wildman–Crippen MR) is 136 cm³/mol. The lowest BCUT2D eigenvalue weighted by molar-refractivity contribution is 0.480. The Morgan fingerprint density at radius 2 is 1.03 bits per heavy atom. The van der Waals surface area contributed by atoms with E-state index in [0.29, 0.717) is 34.4 Å². The molecule has 0 amide bonds. The Morgan fingerprint density at radius 1 is 0.556 bits per heavy atom. The standard InChI is InChI=1S/C26H22N8O2/c1-3-19(33-13-11-29-31-33)15-21(5-1)35-23-7-9-27-25(17-23)26-18-24(8-10-28-26)36-22-6-2-4-20(16-22)34-14-12-30-32-34/h1-18,29-32H. The molecule has 0 unspecified atom stereocenters. The summed E-state index contributed by atoms with van der Waals surface area (Å²) in [6, 6.07) is 22.9. The van der Waals surface area contributed by atoms with E-state index in [0.717, 1.165) is 11.4 Å². The summed E-state index contributed by atoms with van der Waals surface area (Å²) in [7, 11) is 0. The van der Waals surface area contributed by atoms with E-state index in [1.165, 1.54) is 0 Å². The van der Waals surface area contributed by atoms with Gasteiger partial charge >= 0.3 is 0 Å². The second kappa shape index (κ2) is 9.66. The quantitative estimate of drug-likeness (QED) is 0.307. The first-order valence-electron chi connectivity index (χ1n) is 11.2. The number of aromatic nitrogens is 2. The highest BCUT2D eigenvalue weighted by molar-refractivity contribution is 5.59. The molecule has 0 fully saturated rings. The van der Waals surface area contributed by atoms with Crippen LogP contribution in [-0.4, -0.2) is 9.97 Å². The molecule has 4 aromatic rings. The molecule has 2 aliphatic heterocycles. The van der Waals surface area contributed by atoms with Crippen LogP contribution in [0.3, 0.4) is 0 Å². The summed E-state index contributed by atoms with van der Waals surface area (Å²) in [5, 5.41) is 3.70. The van der Waals surface area contributed by atoms with Crippen molar-refractivity contribution in [2.75, 3.05) is 10.0 Å². The number of anilines is 2. The highest BCUT2D eigenvalue weighted by atomic mass is 16.5. The van der Waals surface area contributed by atoms with Gasteiger partial charge in [0.15, 0.2) is 0 Å². The van der Waals surface area contributed by atoms with Gasteiger partial charge in [0.05, 0.1) is 22.8 Å². The summed E-state index contributed by atoms with van der Waals surface area (Å²) in [4.78, 5) is 8.97. The fourth-order valence-corrected chi connectivity index (χ4v) is 3.71. The van der Waals surface area contributed by atoms with Gasteiger partial charge in [0, 0.05) is 61.5 Å². The topological polar surface area (TPSA) is 98.8 Å². The van der Waals surface area contributed by atoms with Gasteiger partial charge in [-0.05, 0) is 36.4 Å². The van der Waals surface area contributed by atoms with E-state index in [4.69, 9.17) is 9.47 Å². The summed E-state index contributed by atoms with van der Waals surface area (Å²) in [5.74, 6) is 2.71. The molecule has 36 heavy (non-hydrogen) atoms. The molecule has 0 saturated carbocycles. The van der Waals surface area contributed by atoms with Crippen molar-refractivity contribution in [3.05, 3.63) is 110 Å². The minimum absolute atomic E-state index is 0.654. The number of rotatable bonds is 7. The van der Waals surface area contributed by atoms with Gasteiger partial charge in [-0.15, -0.1) is 11.1 Å². The zero-order chi connectivity index (χ0) is 24.2. The second-order valence-electron chi connectivity index (χ2n) is 7.84. The zero-order valence-corrected chi connectivity index (χ0v) is 19.0. The number of nitrogens with one attached hydrogen (secondary N) is 4. The van der Waals surface area contributed by atoms with E-state index >= 15 is 0 Å². The van der Waals surface area contributed by atoms with Crippen molar-refractivity contribution in [1.82, 2.24) is 31.9 Å². The van der Waals surface area contributed by atoms with E-state index in [-0.39, 0.29) is 0 Å². The number of hydrogen-bond acceptors (Lipinski definition) is 10. The van der Waals surface area contributed by atoms with Gasteiger partial charge in [-0.25, -0.2) is 0 Å². The van der Waals surface area contributed by atoms with Gasteiger partial charge in [0.2, 0.25) is 0 Å². The Hall–Kier alpha value is -5.06. The Kier molecular flexibility index (Phi) is 5.76. The number of nitrogens with zero attached hydrogens (tertiary/aromatic N) is 4. The first-order chi connectivity index (χ1) is 17.8. The van der Waals surface area contributed by atoms with Gasteiger partial charge in [-0.1, -0.05) is 12.1 Å². The van der Waals surface area contributed by atoms with E-state index < -0.39 is 0 Å². The molecule has 0 aliphatic carbocycles. The maximum absolute atomic E-state index is 6.11. The molecule has 10 nitrogen and oxygen atoms in total. The third-order valence-electron chi connectivity index (χ3n) is 5.37. The van der Waals surface area contributed by atoms with E-state index in [1.807, 2.05) is 108 Å². The lowest BCUT2D eigenvalue weighted by atomic mass is 10.2. The van der Waals surface area contributed by atoms with Gasteiger partial charge in [-0.3, -0.25) is 20.0 Å². The Balaban J connectivity index is 1.19. The lowest BCUT2D eigenvalue weighted by Gasteiger charge is -2.16. The largest absolute Gasteiger partial charge is 0.457 e. The Morgan fingerprint density at radius 3 is 1.47 bits per heavy atom. The molecule has 178 valence electrons. The normalized spacial score (nSPS) is 14.0. The molecule has 0 spiro atoms. The second-order valence-corrected chi connectivity index (χ2v) is 7.84. The van der Waals surface area contributed by atoms with E-state index in [1.54, 1.807) is 12.4 Å². The molecule has 0 bridgehead atoms. The molecular formula is C26H22N8O2. The van der Waals surface area contributed by atoms with Crippen molar-refractivity contribution in [2.24, 2.45) is 0 Å². The van der Waals surface area contributed by atoms with Crippen LogP contribution in [0.1, 0.15) is 0 Å². The first-order valence-corrected chi connectivity index (χ1v) is 11.2. The minimum Gasteiger partial charge on any atom is -0.457 e. The average Bonchev–Trinajstić information content (AvgIpc) is 3.65. The summed E-state index contributed by atoms with van der Waals surface area (Å²) >= 11 is 0. The molecule has 0 atom stereocenters. The van der Waals surface area contributed by atoms with Crippen LogP contribution in [0.25, 0.3) is 11.4 Å². The number of hydrazine groups is 4. The van der Waals surface area contributed by atoms with Gasteiger partial charge in [0.25, 0.3) is 0 Å².